The van der Waals surface area contributed by atoms with Crippen molar-refractivity contribution in [2.45, 2.75) is 29.2 Å². The third-order valence-electron chi connectivity index (χ3n) is 3.15. The molecule has 2 aromatic rings. The number of carboxylic acids is 1. The first kappa shape index (κ1) is 12.2. The number of nitrogens with zero attached hydrogens (tertiary/aromatic N) is 2. The van der Waals surface area contributed by atoms with Gasteiger partial charge in [0.25, 0.3) is 0 Å². The Morgan fingerprint density at radius 2 is 1.95 bits per heavy atom. The van der Waals surface area contributed by atoms with Gasteiger partial charge in [-0.1, -0.05) is 11.8 Å². The fraction of sp³-hybridized carbons (Fsp3) is 0.214. The number of carbonyl (C=O) groups is 1. The van der Waals surface area contributed by atoms with Gasteiger partial charge in [-0.05, 0) is 43.5 Å². The molecule has 0 radical (unpaired) electrons. The maximum atomic E-state index is 10.8. The van der Waals surface area contributed by atoms with Crippen molar-refractivity contribution in [3.05, 3.63) is 47.4 Å². The van der Waals surface area contributed by atoms with Gasteiger partial charge in [-0.15, -0.1) is 0 Å². The van der Waals surface area contributed by atoms with Crippen LogP contribution in [-0.2, 0) is 12.8 Å². The van der Waals surface area contributed by atoms with Crippen LogP contribution in [0.2, 0.25) is 0 Å². The zero-order valence-corrected chi connectivity index (χ0v) is 11.0. The molecule has 1 heterocycles. The standard InChI is InChI=1S/C14H12N2O2S/c17-14(18)9-4-6-10(7-5-9)19-13-11-2-1-3-12(11)15-8-16-13/h4-8H,1-3H2,(H,17,18). The summed E-state index contributed by atoms with van der Waals surface area (Å²) in [5.74, 6) is -0.903. The summed E-state index contributed by atoms with van der Waals surface area (Å²) in [6, 6.07) is 6.87. The third-order valence-corrected chi connectivity index (χ3v) is 4.20. The molecule has 1 aliphatic carbocycles. The molecule has 0 amide bonds. The van der Waals surface area contributed by atoms with Crippen LogP contribution in [0.3, 0.4) is 0 Å². The lowest BCUT2D eigenvalue weighted by Crippen LogP contribution is -1.96. The summed E-state index contributed by atoms with van der Waals surface area (Å²) >= 11 is 1.57. The quantitative estimate of drug-likeness (QED) is 0.870. The number of aryl methyl sites for hydroxylation is 1. The molecule has 0 saturated heterocycles. The van der Waals surface area contributed by atoms with Crippen molar-refractivity contribution in [2.75, 3.05) is 0 Å². The van der Waals surface area contributed by atoms with Gasteiger partial charge in [0, 0.05) is 16.2 Å². The molecule has 0 spiro atoms. The zero-order chi connectivity index (χ0) is 13.2. The smallest absolute Gasteiger partial charge is 0.335 e. The summed E-state index contributed by atoms with van der Waals surface area (Å²) < 4.78 is 0. The zero-order valence-electron chi connectivity index (χ0n) is 10.2. The first-order chi connectivity index (χ1) is 9.24. The second kappa shape index (κ2) is 5.01. The van der Waals surface area contributed by atoms with E-state index in [0.29, 0.717) is 5.56 Å². The molecule has 96 valence electrons. The summed E-state index contributed by atoms with van der Waals surface area (Å²) in [5.41, 5.74) is 2.70. The van der Waals surface area contributed by atoms with Crippen molar-refractivity contribution in [2.24, 2.45) is 0 Å². The van der Waals surface area contributed by atoms with Gasteiger partial charge in [0.15, 0.2) is 0 Å². The fourth-order valence-electron chi connectivity index (χ4n) is 2.19. The van der Waals surface area contributed by atoms with E-state index in [-0.39, 0.29) is 0 Å². The minimum atomic E-state index is -0.903. The number of fused-ring (bicyclic) bond motifs is 1. The Kier molecular flexibility index (Phi) is 3.21. The molecule has 0 bridgehead atoms. The average Bonchev–Trinajstić information content (AvgIpc) is 2.89. The molecule has 0 aliphatic heterocycles. The second-order valence-corrected chi connectivity index (χ2v) is 5.45. The minimum absolute atomic E-state index is 0.303. The number of aromatic nitrogens is 2. The van der Waals surface area contributed by atoms with E-state index >= 15 is 0 Å². The molecule has 4 nitrogen and oxygen atoms in total. The van der Waals surface area contributed by atoms with Crippen molar-refractivity contribution in [1.82, 2.24) is 9.97 Å². The normalized spacial score (nSPS) is 13.3. The number of benzene rings is 1. The third kappa shape index (κ3) is 2.46. The summed E-state index contributed by atoms with van der Waals surface area (Å²) in [6.07, 6.45) is 4.81. The van der Waals surface area contributed by atoms with E-state index in [1.807, 2.05) is 12.1 Å². The topological polar surface area (TPSA) is 63.1 Å². The van der Waals surface area contributed by atoms with Crippen molar-refractivity contribution < 1.29 is 9.90 Å². The Labute approximate surface area is 114 Å². The van der Waals surface area contributed by atoms with E-state index in [1.165, 1.54) is 5.56 Å². The van der Waals surface area contributed by atoms with Gasteiger partial charge in [-0.2, -0.15) is 0 Å². The molecule has 0 saturated carbocycles. The second-order valence-electron chi connectivity index (χ2n) is 4.39. The number of hydrogen-bond donors (Lipinski definition) is 1. The van der Waals surface area contributed by atoms with Crippen LogP contribution in [0.25, 0.3) is 0 Å². The number of carboxylic acid groups (broad SMARTS) is 1. The lowest BCUT2D eigenvalue weighted by atomic mass is 10.2. The van der Waals surface area contributed by atoms with Gasteiger partial charge in [-0.3, -0.25) is 0 Å². The van der Waals surface area contributed by atoms with E-state index in [0.717, 1.165) is 34.9 Å². The minimum Gasteiger partial charge on any atom is -0.478 e. The van der Waals surface area contributed by atoms with Crippen LogP contribution in [0, 0.1) is 0 Å². The molecule has 1 aliphatic rings. The summed E-state index contributed by atoms with van der Waals surface area (Å²) in [6.45, 7) is 0. The van der Waals surface area contributed by atoms with E-state index in [9.17, 15) is 4.79 Å². The van der Waals surface area contributed by atoms with Gasteiger partial charge in [0.05, 0.1) is 5.56 Å². The maximum absolute atomic E-state index is 10.8. The number of aromatic carboxylic acids is 1. The number of hydrogen-bond acceptors (Lipinski definition) is 4. The van der Waals surface area contributed by atoms with Crippen LogP contribution in [0.5, 0.6) is 0 Å². The molecule has 0 atom stereocenters. The Morgan fingerprint density at radius 3 is 2.68 bits per heavy atom. The van der Waals surface area contributed by atoms with E-state index in [4.69, 9.17) is 5.11 Å². The van der Waals surface area contributed by atoms with E-state index in [2.05, 4.69) is 9.97 Å². The Balaban J connectivity index is 1.86. The Hall–Kier alpha value is -1.88. The van der Waals surface area contributed by atoms with Crippen LogP contribution in [0.1, 0.15) is 28.0 Å². The predicted octanol–water partition coefficient (Wildman–Crippen LogP) is 2.81. The molecule has 19 heavy (non-hydrogen) atoms. The van der Waals surface area contributed by atoms with Crippen molar-refractivity contribution in [3.63, 3.8) is 0 Å². The fourth-order valence-corrected chi connectivity index (χ4v) is 3.13. The molecule has 3 rings (SSSR count). The van der Waals surface area contributed by atoms with Crippen LogP contribution < -0.4 is 0 Å². The van der Waals surface area contributed by atoms with Gasteiger partial charge in [-0.25, -0.2) is 14.8 Å². The molecular formula is C14H12N2O2S. The van der Waals surface area contributed by atoms with Crippen LogP contribution >= 0.6 is 11.8 Å². The maximum Gasteiger partial charge on any atom is 0.335 e. The molecule has 1 aromatic heterocycles. The lowest BCUT2D eigenvalue weighted by molar-refractivity contribution is 0.0697. The monoisotopic (exact) mass is 272 g/mol. The van der Waals surface area contributed by atoms with Gasteiger partial charge in [0.1, 0.15) is 11.4 Å². The lowest BCUT2D eigenvalue weighted by Gasteiger charge is -2.06. The van der Waals surface area contributed by atoms with Crippen molar-refractivity contribution in [3.8, 4) is 0 Å². The SMILES string of the molecule is O=C(O)c1ccc(Sc2ncnc3c2CCC3)cc1. The largest absolute Gasteiger partial charge is 0.478 e. The van der Waals surface area contributed by atoms with Crippen LogP contribution in [-0.4, -0.2) is 21.0 Å². The van der Waals surface area contributed by atoms with Crippen molar-refractivity contribution >= 4 is 17.7 Å². The molecular weight excluding hydrogens is 260 g/mol. The van der Waals surface area contributed by atoms with Crippen LogP contribution in [0.4, 0.5) is 0 Å². The Bertz CT molecular complexity index is 626. The van der Waals surface area contributed by atoms with E-state index in [1.54, 1.807) is 30.2 Å². The molecule has 0 fully saturated rings. The number of rotatable bonds is 3. The average molecular weight is 272 g/mol. The Morgan fingerprint density at radius 1 is 1.16 bits per heavy atom. The van der Waals surface area contributed by atoms with Gasteiger partial charge < -0.3 is 5.11 Å². The molecule has 5 heteroatoms. The van der Waals surface area contributed by atoms with Gasteiger partial charge >= 0.3 is 5.97 Å². The van der Waals surface area contributed by atoms with E-state index < -0.39 is 5.97 Å². The summed E-state index contributed by atoms with van der Waals surface area (Å²) in [5, 5.41) is 9.86. The molecule has 1 aromatic carbocycles. The van der Waals surface area contributed by atoms with Crippen molar-refractivity contribution in [1.29, 1.82) is 0 Å². The highest BCUT2D eigenvalue weighted by Gasteiger charge is 2.17. The van der Waals surface area contributed by atoms with Gasteiger partial charge in [0.2, 0.25) is 0 Å². The molecule has 1 N–H and O–H groups in total. The highest BCUT2D eigenvalue weighted by molar-refractivity contribution is 7.99. The highest BCUT2D eigenvalue weighted by Crippen LogP contribution is 2.33. The summed E-state index contributed by atoms with van der Waals surface area (Å²) in [7, 11) is 0. The highest BCUT2D eigenvalue weighted by atomic mass is 32.2. The first-order valence-corrected chi connectivity index (χ1v) is 6.89. The van der Waals surface area contributed by atoms with Crippen LogP contribution in [0.15, 0.2) is 40.5 Å². The predicted molar refractivity (Wildman–Crippen MR) is 71.6 cm³/mol. The summed E-state index contributed by atoms with van der Waals surface area (Å²) in [4.78, 5) is 20.4. The molecule has 0 unspecified atom stereocenters. The first-order valence-electron chi connectivity index (χ1n) is 6.08.